The van der Waals surface area contributed by atoms with Crippen LogP contribution < -0.4 is 10.2 Å². The predicted molar refractivity (Wildman–Crippen MR) is 98.3 cm³/mol. The number of hydrogen-bond acceptors (Lipinski definition) is 3. The van der Waals surface area contributed by atoms with Crippen LogP contribution in [0, 0.1) is 11.6 Å². The summed E-state index contributed by atoms with van der Waals surface area (Å²) >= 11 is 0. The molecule has 3 aromatic carbocycles. The summed E-state index contributed by atoms with van der Waals surface area (Å²) in [6.07, 6.45) is 0. The molecule has 0 aliphatic carbocycles. The van der Waals surface area contributed by atoms with Crippen LogP contribution >= 0.6 is 0 Å². The maximum Gasteiger partial charge on any atom is 0.266 e. The lowest BCUT2D eigenvalue weighted by Gasteiger charge is -2.13. The molecule has 0 radical (unpaired) electrons. The van der Waals surface area contributed by atoms with Crippen molar-refractivity contribution < 1.29 is 23.2 Å². The van der Waals surface area contributed by atoms with E-state index in [-0.39, 0.29) is 28.1 Å². The number of hydrogen-bond donors (Lipinski definition) is 1. The van der Waals surface area contributed by atoms with Gasteiger partial charge in [0.15, 0.2) is 0 Å². The van der Waals surface area contributed by atoms with E-state index >= 15 is 0 Å². The fraction of sp³-hybridized carbons (Fsp3) is 0. The summed E-state index contributed by atoms with van der Waals surface area (Å²) in [6, 6.07) is 14.5. The van der Waals surface area contributed by atoms with E-state index in [4.69, 9.17) is 0 Å². The third kappa shape index (κ3) is 3.03. The molecule has 1 aliphatic rings. The van der Waals surface area contributed by atoms with Crippen LogP contribution in [-0.4, -0.2) is 17.7 Å². The molecule has 28 heavy (non-hydrogen) atoms. The molecule has 1 aliphatic heterocycles. The smallest absolute Gasteiger partial charge is 0.266 e. The molecule has 4 rings (SSSR count). The van der Waals surface area contributed by atoms with Gasteiger partial charge >= 0.3 is 0 Å². The Morgan fingerprint density at radius 1 is 0.786 bits per heavy atom. The molecule has 0 atom stereocenters. The van der Waals surface area contributed by atoms with Crippen molar-refractivity contribution in [1.82, 2.24) is 0 Å². The Morgan fingerprint density at radius 2 is 1.50 bits per heavy atom. The summed E-state index contributed by atoms with van der Waals surface area (Å²) < 4.78 is 26.4. The molecule has 0 saturated carbocycles. The van der Waals surface area contributed by atoms with Gasteiger partial charge < -0.3 is 5.32 Å². The SMILES string of the molecule is O=C(Nc1cccc(F)c1)c1ccc2c(c1)C(=O)N(c1ccc(F)cc1)C2=O. The number of nitrogens with one attached hydrogen (secondary N) is 1. The average Bonchev–Trinajstić information content (AvgIpc) is 2.93. The van der Waals surface area contributed by atoms with Gasteiger partial charge in [0.2, 0.25) is 0 Å². The predicted octanol–water partition coefficient (Wildman–Crippen LogP) is 4.02. The van der Waals surface area contributed by atoms with E-state index in [1.165, 1.54) is 48.5 Å². The fourth-order valence-electron chi connectivity index (χ4n) is 2.98. The first kappa shape index (κ1) is 17.5. The van der Waals surface area contributed by atoms with Crippen LogP contribution in [0.15, 0.2) is 66.7 Å². The lowest BCUT2D eigenvalue weighted by Crippen LogP contribution is -2.29. The molecule has 138 valence electrons. The molecule has 3 amide bonds. The fourth-order valence-corrected chi connectivity index (χ4v) is 2.98. The van der Waals surface area contributed by atoms with Crippen LogP contribution in [0.1, 0.15) is 31.1 Å². The van der Waals surface area contributed by atoms with Crippen molar-refractivity contribution in [3.05, 3.63) is 95.1 Å². The van der Waals surface area contributed by atoms with Gasteiger partial charge in [-0.2, -0.15) is 0 Å². The number of nitrogens with zero attached hydrogens (tertiary/aromatic N) is 1. The largest absolute Gasteiger partial charge is 0.322 e. The molecular weight excluding hydrogens is 366 g/mol. The molecule has 0 unspecified atom stereocenters. The second-order valence-electron chi connectivity index (χ2n) is 6.15. The van der Waals surface area contributed by atoms with Crippen molar-refractivity contribution in [3.8, 4) is 0 Å². The molecule has 0 bridgehead atoms. The number of carbonyl (C=O) groups is 3. The van der Waals surface area contributed by atoms with Gasteiger partial charge in [-0.3, -0.25) is 14.4 Å². The highest BCUT2D eigenvalue weighted by Gasteiger charge is 2.37. The molecule has 0 aromatic heterocycles. The van der Waals surface area contributed by atoms with Gasteiger partial charge in [-0.05, 0) is 60.7 Å². The Bertz CT molecular complexity index is 1130. The van der Waals surface area contributed by atoms with Crippen molar-refractivity contribution in [2.24, 2.45) is 0 Å². The van der Waals surface area contributed by atoms with E-state index in [9.17, 15) is 23.2 Å². The van der Waals surface area contributed by atoms with Crippen molar-refractivity contribution in [2.75, 3.05) is 10.2 Å². The second kappa shape index (κ2) is 6.70. The Kier molecular flexibility index (Phi) is 4.19. The number of amides is 3. The third-order valence-electron chi connectivity index (χ3n) is 4.32. The van der Waals surface area contributed by atoms with Gasteiger partial charge in [0.05, 0.1) is 16.8 Å². The van der Waals surface area contributed by atoms with E-state index in [1.54, 1.807) is 0 Å². The van der Waals surface area contributed by atoms with Crippen molar-refractivity contribution in [1.29, 1.82) is 0 Å². The molecular formula is C21H12F2N2O3. The molecule has 0 fully saturated rings. The molecule has 1 N–H and O–H groups in total. The first-order valence-electron chi connectivity index (χ1n) is 8.29. The minimum Gasteiger partial charge on any atom is -0.322 e. The lowest BCUT2D eigenvalue weighted by molar-refractivity contribution is 0.0925. The topological polar surface area (TPSA) is 66.5 Å². The Morgan fingerprint density at radius 3 is 2.21 bits per heavy atom. The Labute approximate surface area is 158 Å². The third-order valence-corrected chi connectivity index (χ3v) is 4.32. The zero-order valence-electron chi connectivity index (χ0n) is 14.3. The average molecular weight is 378 g/mol. The maximum absolute atomic E-state index is 13.3. The number of carbonyl (C=O) groups excluding carboxylic acids is 3. The van der Waals surface area contributed by atoms with Crippen LogP contribution in [0.25, 0.3) is 0 Å². The zero-order valence-corrected chi connectivity index (χ0v) is 14.3. The minimum absolute atomic E-state index is 0.0706. The monoisotopic (exact) mass is 378 g/mol. The summed E-state index contributed by atoms with van der Waals surface area (Å²) in [5.74, 6) is -2.69. The summed E-state index contributed by atoms with van der Waals surface area (Å²) in [5, 5.41) is 2.53. The van der Waals surface area contributed by atoms with Crippen LogP contribution in [-0.2, 0) is 0 Å². The zero-order chi connectivity index (χ0) is 19.8. The highest BCUT2D eigenvalue weighted by Crippen LogP contribution is 2.29. The van der Waals surface area contributed by atoms with Gasteiger partial charge in [0.1, 0.15) is 11.6 Å². The van der Waals surface area contributed by atoms with Crippen LogP contribution in [0.5, 0.6) is 0 Å². The normalized spacial score (nSPS) is 12.9. The lowest BCUT2D eigenvalue weighted by atomic mass is 10.1. The molecule has 0 spiro atoms. The number of imide groups is 1. The van der Waals surface area contributed by atoms with Crippen molar-refractivity contribution >= 4 is 29.1 Å². The first-order chi connectivity index (χ1) is 13.4. The maximum atomic E-state index is 13.3. The van der Waals surface area contributed by atoms with Gasteiger partial charge in [-0.25, -0.2) is 13.7 Å². The van der Waals surface area contributed by atoms with E-state index in [1.807, 2.05) is 0 Å². The van der Waals surface area contributed by atoms with E-state index in [2.05, 4.69) is 5.32 Å². The quantitative estimate of drug-likeness (QED) is 0.700. The number of benzene rings is 3. The van der Waals surface area contributed by atoms with Crippen molar-refractivity contribution in [2.45, 2.75) is 0 Å². The molecule has 1 heterocycles. The molecule has 5 nitrogen and oxygen atoms in total. The second-order valence-corrected chi connectivity index (χ2v) is 6.15. The molecule has 3 aromatic rings. The number of rotatable bonds is 3. The van der Waals surface area contributed by atoms with Crippen LogP contribution in [0.2, 0.25) is 0 Å². The van der Waals surface area contributed by atoms with Crippen LogP contribution in [0.4, 0.5) is 20.2 Å². The summed E-state index contributed by atoms with van der Waals surface area (Å²) in [6.45, 7) is 0. The number of anilines is 2. The van der Waals surface area contributed by atoms with Gasteiger partial charge in [0, 0.05) is 11.3 Å². The standard InChI is InChI=1S/C21H12F2N2O3/c22-13-5-7-16(8-6-13)25-20(27)17-9-4-12(10-18(17)21(25)28)19(26)24-15-3-1-2-14(23)11-15/h1-11H,(H,24,26). The summed E-state index contributed by atoms with van der Waals surface area (Å²) in [7, 11) is 0. The van der Waals surface area contributed by atoms with Crippen LogP contribution in [0.3, 0.4) is 0 Å². The van der Waals surface area contributed by atoms with Gasteiger partial charge in [-0.1, -0.05) is 6.07 Å². The molecule has 7 heteroatoms. The highest BCUT2D eigenvalue weighted by molar-refractivity contribution is 6.34. The van der Waals surface area contributed by atoms with Gasteiger partial charge in [0.25, 0.3) is 17.7 Å². The highest BCUT2D eigenvalue weighted by atomic mass is 19.1. The molecule has 0 saturated heterocycles. The number of halogens is 2. The first-order valence-corrected chi connectivity index (χ1v) is 8.29. The van der Waals surface area contributed by atoms with Crippen molar-refractivity contribution in [3.63, 3.8) is 0 Å². The Hall–Kier alpha value is -3.87. The Balaban J connectivity index is 1.63. The van der Waals surface area contributed by atoms with E-state index in [0.717, 1.165) is 23.1 Å². The minimum atomic E-state index is -0.605. The number of fused-ring (bicyclic) bond motifs is 1. The summed E-state index contributed by atoms with van der Waals surface area (Å²) in [5.41, 5.74) is 0.863. The van der Waals surface area contributed by atoms with E-state index < -0.39 is 29.4 Å². The van der Waals surface area contributed by atoms with E-state index in [0.29, 0.717) is 0 Å². The summed E-state index contributed by atoms with van der Waals surface area (Å²) in [4.78, 5) is 38.6. The van der Waals surface area contributed by atoms with Gasteiger partial charge in [-0.15, -0.1) is 0 Å².